The van der Waals surface area contributed by atoms with Crippen molar-refractivity contribution >= 4 is 5.91 Å². The molecule has 122 valence electrons. The van der Waals surface area contributed by atoms with Crippen molar-refractivity contribution in [1.82, 2.24) is 4.90 Å². The highest BCUT2D eigenvalue weighted by atomic mass is 16.5. The largest absolute Gasteiger partial charge is 0.480 e. The number of benzene rings is 2. The maximum absolute atomic E-state index is 12.7. The molecule has 0 N–H and O–H groups in total. The van der Waals surface area contributed by atoms with E-state index in [9.17, 15) is 4.79 Å². The average Bonchev–Trinajstić information content (AvgIpc) is 2.56. The molecule has 1 atom stereocenters. The van der Waals surface area contributed by atoms with Gasteiger partial charge in [0.25, 0.3) is 5.91 Å². The minimum Gasteiger partial charge on any atom is -0.480 e. The van der Waals surface area contributed by atoms with Gasteiger partial charge in [-0.15, -0.1) is 0 Å². The molecule has 3 heteroatoms. The Morgan fingerprint density at radius 1 is 1.09 bits per heavy atom. The van der Waals surface area contributed by atoms with Crippen LogP contribution in [0, 0.1) is 13.8 Å². The molecule has 0 saturated heterocycles. The van der Waals surface area contributed by atoms with Crippen LogP contribution in [0.25, 0.3) is 0 Å². The molecule has 0 unspecified atom stereocenters. The molecule has 0 radical (unpaired) electrons. The molecule has 2 aromatic rings. The molecule has 3 nitrogen and oxygen atoms in total. The van der Waals surface area contributed by atoms with Gasteiger partial charge in [-0.3, -0.25) is 4.79 Å². The number of hydrogen-bond donors (Lipinski definition) is 0. The molecule has 0 aliphatic carbocycles. The Labute approximate surface area is 138 Å². The van der Waals surface area contributed by atoms with Crippen molar-refractivity contribution in [1.29, 1.82) is 0 Å². The number of carbonyl (C=O) groups is 1. The predicted molar refractivity (Wildman–Crippen MR) is 93.5 cm³/mol. The van der Waals surface area contributed by atoms with Crippen LogP contribution in [0.1, 0.15) is 30.0 Å². The van der Waals surface area contributed by atoms with Gasteiger partial charge in [0.2, 0.25) is 0 Å². The molecule has 2 aromatic carbocycles. The summed E-state index contributed by atoms with van der Waals surface area (Å²) in [6.45, 7) is 6.64. The number of hydrogen-bond acceptors (Lipinski definition) is 2. The molecule has 0 heterocycles. The second-order valence-corrected chi connectivity index (χ2v) is 5.89. The highest BCUT2D eigenvalue weighted by molar-refractivity contribution is 5.81. The minimum absolute atomic E-state index is 0.0114. The van der Waals surface area contributed by atoms with Crippen LogP contribution in [-0.2, 0) is 11.3 Å². The third-order valence-electron chi connectivity index (χ3n) is 4.11. The lowest BCUT2D eigenvalue weighted by molar-refractivity contribution is -0.138. The number of ether oxygens (including phenoxy) is 1. The lowest BCUT2D eigenvalue weighted by Crippen LogP contribution is -2.39. The summed E-state index contributed by atoms with van der Waals surface area (Å²) in [5.41, 5.74) is 3.37. The fourth-order valence-corrected chi connectivity index (χ4v) is 2.49. The van der Waals surface area contributed by atoms with Crippen LogP contribution in [0.2, 0.25) is 0 Å². The molecular weight excluding hydrogens is 286 g/mol. The first-order chi connectivity index (χ1) is 11.0. The van der Waals surface area contributed by atoms with Crippen LogP contribution < -0.4 is 4.74 Å². The van der Waals surface area contributed by atoms with Gasteiger partial charge in [-0.05, 0) is 43.0 Å². The van der Waals surface area contributed by atoms with Gasteiger partial charge in [-0.2, -0.15) is 0 Å². The molecular formula is C20H25NO2. The number of rotatable bonds is 6. The summed E-state index contributed by atoms with van der Waals surface area (Å²) in [7, 11) is 1.82. The molecule has 0 aromatic heterocycles. The Bertz CT molecular complexity index is 652. The van der Waals surface area contributed by atoms with E-state index in [4.69, 9.17) is 4.74 Å². The lowest BCUT2D eigenvalue weighted by atomic mass is 10.1. The Balaban J connectivity index is 2.07. The van der Waals surface area contributed by atoms with Crippen molar-refractivity contribution in [3.63, 3.8) is 0 Å². The molecule has 0 aliphatic heterocycles. The van der Waals surface area contributed by atoms with E-state index in [1.807, 2.05) is 76.3 Å². The number of nitrogens with zero attached hydrogens (tertiary/aromatic N) is 1. The molecule has 1 amide bonds. The van der Waals surface area contributed by atoms with Gasteiger partial charge in [0.15, 0.2) is 6.10 Å². The summed E-state index contributed by atoms with van der Waals surface area (Å²) < 4.78 is 6.00. The van der Waals surface area contributed by atoms with E-state index in [2.05, 4.69) is 0 Å². The van der Waals surface area contributed by atoms with Crippen LogP contribution in [-0.4, -0.2) is 24.0 Å². The average molecular weight is 311 g/mol. The smallest absolute Gasteiger partial charge is 0.263 e. The second kappa shape index (κ2) is 7.82. The van der Waals surface area contributed by atoms with Gasteiger partial charge in [-0.25, -0.2) is 0 Å². The predicted octanol–water partition coefficient (Wildman–Crippen LogP) is 4.12. The molecule has 0 saturated carbocycles. The van der Waals surface area contributed by atoms with Crippen LogP contribution in [0.3, 0.4) is 0 Å². The van der Waals surface area contributed by atoms with E-state index in [0.717, 1.165) is 16.9 Å². The van der Waals surface area contributed by atoms with Gasteiger partial charge in [-0.1, -0.05) is 49.4 Å². The third kappa shape index (κ3) is 4.35. The van der Waals surface area contributed by atoms with E-state index in [0.29, 0.717) is 13.0 Å². The zero-order valence-corrected chi connectivity index (χ0v) is 14.4. The quantitative estimate of drug-likeness (QED) is 0.803. The zero-order chi connectivity index (χ0) is 16.8. The first-order valence-electron chi connectivity index (χ1n) is 8.04. The van der Waals surface area contributed by atoms with Crippen LogP contribution in [0.5, 0.6) is 5.75 Å². The topological polar surface area (TPSA) is 29.5 Å². The van der Waals surface area contributed by atoms with E-state index >= 15 is 0 Å². The lowest BCUT2D eigenvalue weighted by Gasteiger charge is -2.24. The number of aryl methyl sites for hydroxylation is 1. The van der Waals surface area contributed by atoms with Gasteiger partial charge >= 0.3 is 0 Å². The normalized spacial score (nSPS) is 11.8. The van der Waals surface area contributed by atoms with E-state index < -0.39 is 6.10 Å². The summed E-state index contributed by atoms with van der Waals surface area (Å²) in [5.74, 6) is 0.801. The molecule has 0 fully saturated rings. The highest BCUT2D eigenvalue weighted by Crippen LogP contribution is 2.23. The van der Waals surface area contributed by atoms with Crippen LogP contribution in [0.15, 0.2) is 48.5 Å². The fraction of sp³-hybridized carbons (Fsp3) is 0.350. The van der Waals surface area contributed by atoms with Crippen LogP contribution >= 0.6 is 0 Å². The maximum atomic E-state index is 12.7. The summed E-state index contributed by atoms with van der Waals surface area (Å²) in [6, 6.07) is 15.9. The number of likely N-dealkylation sites (N-methyl/N-ethyl adjacent to an activating group) is 1. The van der Waals surface area contributed by atoms with Gasteiger partial charge < -0.3 is 9.64 Å². The van der Waals surface area contributed by atoms with Crippen molar-refractivity contribution < 1.29 is 9.53 Å². The fourth-order valence-electron chi connectivity index (χ4n) is 2.49. The van der Waals surface area contributed by atoms with Crippen molar-refractivity contribution in [2.24, 2.45) is 0 Å². The Kier molecular flexibility index (Phi) is 5.80. The van der Waals surface area contributed by atoms with Gasteiger partial charge in [0.1, 0.15) is 5.75 Å². The first kappa shape index (κ1) is 17.1. The minimum atomic E-state index is -0.454. The standard InChI is InChI=1S/C20H25NO2/c1-5-18(23-19-13-9-10-15(2)16(19)3)20(22)21(4)14-17-11-7-6-8-12-17/h6-13,18H,5,14H2,1-4H3/t18-/m1/s1. The highest BCUT2D eigenvalue weighted by Gasteiger charge is 2.23. The van der Waals surface area contributed by atoms with Crippen molar-refractivity contribution in [3.8, 4) is 5.75 Å². The summed E-state index contributed by atoms with van der Waals surface area (Å²) in [5, 5.41) is 0. The zero-order valence-electron chi connectivity index (χ0n) is 14.4. The maximum Gasteiger partial charge on any atom is 0.263 e. The summed E-state index contributed by atoms with van der Waals surface area (Å²) in [6.07, 6.45) is 0.190. The van der Waals surface area contributed by atoms with Gasteiger partial charge in [0.05, 0.1) is 0 Å². The Morgan fingerprint density at radius 3 is 2.43 bits per heavy atom. The Hall–Kier alpha value is -2.29. The SMILES string of the molecule is CC[C@@H](Oc1cccc(C)c1C)C(=O)N(C)Cc1ccccc1. The molecule has 0 spiro atoms. The first-order valence-corrected chi connectivity index (χ1v) is 8.04. The summed E-state index contributed by atoms with van der Waals surface area (Å²) >= 11 is 0. The van der Waals surface area contributed by atoms with E-state index in [1.54, 1.807) is 4.90 Å². The number of amides is 1. The van der Waals surface area contributed by atoms with Crippen LogP contribution in [0.4, 0.5) is 0 Å². The monoisotopic (exact) mass is 311 g/mol. The molecule has 23 heavy (non-hydrogen) atoms. The molecule has 0 aliphatic rings. The van der Waals surface area contributed by atoms with Crippen molar-refractivity contribution in [2.75, 3.05) is 7.05 Å². The molecule has 0 bridgehead atoms. The Morgan fingerprint density at radius 2 is 1.78 bits per heavy atom. The van der Waals surface area contributed by atoms with E-state index in [-0.39, 0.29) is 5.91 Å². The second-order valence-electron chi connectivity index (χ2n) is 5.89. The van der Waals surface area contributed by atoms with Crippen molar-refractivity contribution in [3.05, 3.63) is 65.2 Å². The molecule has 2 rings (SSSR count). The van der Waals surface area contributed by atoms with Gasteiger partial charge in [0, 0.05) is 13.6 Å². The summed E-state index contributed by atoms with van der Waals surface area (Å²) in [4.78, 5) is 14.4. The number of carbonyl (C=O) groups excluding carboxylic acids is 1. The van der Waals surface area contributed by atoms with E-state index in [1.165, 1.54) is 5.56 Å². The van der Waals surface area contributed by atoms with Crippen molar-refractivity contribution in [2.45, 2.75) is 39.8 Å². The third-order valence-corrected chi connectivity index (χ3v) is 4.11.